The van der Waals surface area contributed by atoms with Gasteiger partial charge in [0.2, 0.25) is 0 Å². The highest BCUT2D eigenvalue weighted by Gasteiger charge is 2.42. The summed E-state index contributed by atoms with van der Waals surface area (Å²) in [6.45, 7) is 19.7. The number of fused-ring (bicyclic) bond motifs is 2. The Morgan fingerprint density at radius 2 is 1.66 bits per heavy atom. The molecule has 4 unspecified atom stereocenters. The van der Waals surface area contributed by atoms with Crippen molar-refractivity contribution >= 4 is 11.3 Å². The maximum atomic E-state index is 2.76. The smallest absolute Gasteiger partial charge is 0.0333 e. The molecule has 4 atom stereocenters. The average molecular weight is 417 g/mol. The summed E-state index contributed by atoms with van der Waals surface area (Å²) in [5.41, 5.74) is 3.31. The van der Waals surface area contributed by atoms with Crippen LogP contribution in [-0.4, -0.2) is 41.5 Å². The van der Waals surface area contributed by atoms with Gasteiger partial charge in [-0.3, -0.25) is 4.90 Å². The second kappa shape index (κ2) is 9.01. The summed E-state index contributed by atoms with van der Waals surface area (Å²) in [5, 5.41) is 2.43. The first-order valence-corrected chi connectivity index (χ1v) is 13.3. The van der Waals surface area contributed by atoms with Gasteiger partial charge >= 0.3 is 0 Å². The van der Waals surface area contributed by atoms with E-state index in [2.05, 4.69) is 56.7 Å². The van der Waals surface area contributed by atoms with Crippen LogP contribution < -0.4 is 0 Å². The lowest BCUT2D eigenvalue weighted by Gasteiger charge is -2.34. The number of thiophene rings is 1. The van der Waals surface area contributed by atoms with E-state index in [1.54, 1.807) is 16.0 Å². The molecule has 1 aliphatic carbocycles. The lowest BCUT2D eigenvalue weighted by molar-refractivity contribution is 0.168. The maximum Gasteiger partial charge on any atom is 0.0333 e. The standard InChI is InChI=1S/C26H44N2S/c1-17(2)25-16-29-26-15-27(10-9-24(25)26)20(6)8-7-19(5)21-11-22-13-28(18(3)4)14-23(22)12-21/h16-23H,7-15H2,1-6H3. The fraction of sp³-hybridized carbons (Fsp3) is 0.846. The molecule has 164 valence electrons. The Kier molecular flexibility index (Phi) is 6.78. The van der Waals surface area contributed by atoms with E-state index in [1.165, 1.54) is 58.3 Å². The molecule has 4 rings (SSSR count). The summed E-state index contributed by atoms with van der Waals surface area (Å²) in [5.74, 6) is 4.57. The van der Waals surface area contributed by atoms with Crippen molar-refractivity contribution in [2.45, 2.75) is 98.2 Å². The molecule has 3 heterocycles. The molecular formula is C26H44N2S. The largest absolute Gasteiger partial charge is 0.300 e. The number of hydrogen-bond donors (Lipinski definition) is 0. The summed E-state index contributed by atoms with van der Waals surface area (Å²) in [7, 11) is 0. The fourth-order valence-electron chi connectivity index (χ4n) is 6.43. The van der Waals surface area contributed by atoms with E-state index in [0.29, 0.717) is 5.92 Å². The Morgan fingerprint density at radius 1 is 0.966 bits per heavy atom. The number of rotatable bonds is 7. The number of likely N-dealkylation sites (tertiary alicyclic amines) is 1. The Labute approximate surface area is 184 Å². The van der Waals surface area contributed by atoms with Crippen molar-refractivity contribution in [3.05, 3.63) is 21.4 Å². The summed E-state index contributed by atoms with van der Waals surface area (Å²) >= 11 is 2.01. The van der Waals surface area contributed by atoms with Gasteiger partial charge in [0.15, 0.2) is 0 Å². The van der Waals surface area contributed by atoms with Crippen molar-refractivity contribution < 1.29 is 0 Å². The quantitative estimate of drug-likeness (QED) is 0.507. The minimum Gasteiger partial charge on any atom is -0.300 e. The van der Waals surface area contributed by atoms with Crippen LogP contribution in [0.3, 0.4) is 0 Å². The number of hydrogen-bond acceptors (Lipinski definition) is 3. The van der Waals surface area contributed by atoms with Crippen LogP contribution in [0.5, 0.6) is 0 Å². The average Bonchev–Trinajstić information content (AvgIpc) is 3.37. The van der Waals surface area contributed by atoms with Crippen molar-refractivity contribution in [2.24, 2.45) is 23.7 Å². The Hall–Kier alpha value is -0.380. The molecule has 1 saturated heterocycles. The van der Waals surface area contributed by atoms with Gasteiger partial charge in [-0.2, -0.15) is 0 Å². The predicted molar refractivity (Wildman–Crippen MR) is 127 cm³/mol. The molecule has 0 spiro atoms. The molecule has 0 N–H and O–H groups in total. The highest BCUT2D eigenvalue weighted by Crippen LogP contribution is 2.46. The molecular weight excluding hydrogens is 372 g/mol. The highest BCUT2D eigenvalue weighted by molar-refractivity contribution is 7.10. The van der Waals surface area contributed by atoms with Gasteiger partial charge in [-0.15, -0.1) is 11.3 Å². The SMILES string of the molecule is CC(C)c1csc2c1CCN(C(C)CCC(C)C1CC3CN(C(C)C)CC3C1)C2. The lowest BCUT2D eigenvalue weighted by Crippen LogP contribution is -2.37. The van der Waals surface area contributed by atoms with E-state index in [4.69, 9.17) is 0 Å². The molecule has 0 aromatic carbocycles. The highest BCUT2D eigenvalue weighted by atomic mass is 32.1. The normalized spacial score (nSPS) is 30.1. The lowest BCUT2D eigenvalue weighted by atomic mass is 9.86. The van der Waals surface area contributed by atoms with Crippen molar-refractivity contribution in [3.63, 3.8) is 0 Å². The first-order valence-electron chi connectivity index (χ1n) is 12.4. The second-order valence-electron chi connectivity index (χ2n) is 11.2. The van der Waals surface area contributed by atoms with E-state index in [9.17, 15) is 0 Å². The van der Waals surface area contributed by atoms with Crippen LogP contribution in [0.25, 0.3) is 0 Å². The topological polar surface area (TPSA) is 6.48 Å². The van der Waals surface area contributed by atoms with Gasteiger partial charge in [-0.05, 0) is 99.0 Å². The minimum atomic E-state index is 0.679. The molecule has 2 aliphatic heterocycles. The zero-order valence-corrected chi connectivity index (χ0v) is 20.6. The van der Waals surface area contributed by atoms with Crippen molar-refractivity contribution in [1.82, 2.24) is 9.80 Å². The first kappa shape index (κ1) is 21.8. The van der Waals surface area contributed by atoms with Crippen LogP contribution in [0.1, 0.15) is 89.1 Å². The van der Waals surface area contributed by atoms with E-state index >= 15 is 0 Å². The van der Waals surface area contributed by atoms with Gasteiger partial charge in [-0.25, -0.2) is 0 Å². The fourth-order valence-corrected chi connectivity index (χ4v) is 7.71. The van der Waals surface area contributed by atoms with Gasteiger partial charge in [0, 0.05) is 43.1 Å². The third kappa shape index (κ3) is 4.62. The van der Waals surface area contributed by atoms with Crippen LogP contribution in [0.4, 0.5) is 0 Å². The molecule has 1 saturated carbocycles. The third-order valence-electron chi connectivity index (χ3n) is 8.64. The number of nitrogens with zero attached hydrogens (tertiary/aromatic N) is 2. The summed E-state index contributed by atoms with van der Waals surface area (Å²) in [6, 6.07) is 1.47. The van der Waals surface area contributed by atoms with Gasteiger partial charge in [0.1, 0.15) is 0 Å². The molecule has 1 aromatic heterocycles. The zero-order valence-electron chi connectivity index (χ0n) is 19.8. The van der Waals surface area contributed by atoms with Crippen LogP contribution in [-0.2, 0) is 13.0 Å². The monoisotopic (exact) mass is 416 g/mol. The Bertz CT molecular complexity index is 664. The van der Waals surface area contributed by atoms with Crippen LogP contribution in [0.15, 0.2) is 5.38 Å². The van der Waals surface area contributed by atoms with Crippen molar-refractivity contribution in [3.8, 4) is 0 Å². The van der Waals surface area contributed by atoms with Crippen LogP contribution >= 0.6 is 11.3 Å². The van der Waals surface area contributed by atoms with E-state index in [-0.39, 0.29) is 0 Å². The van der Waals surface area contributed by atoms with Crippen molar-refractivity contribution in [2.75, 3.05) is 19.6 Å². The van der Waals surface area contributed by atoms with E-state index in [0.717, 1.165) is 35.8 Å². The molecule has 0 radical (unpaired) electrons. The molecule has 0 amide bonds. The molecule has 1 aromatic rings. The van der Waals surface area contributed by atoms with Crippen molar-refractivity contribution in [1.29, 1.82) is 0 Å². The van der Waals surface area contributed by atoms with Gasteiger partial charge < -0.3 is 4.90 Å². The molecule has 3 aliphatic rings. The Balaban J connectivity index is 1.24. The molecule has 2 nitrogen and oxygen atoms in total. The zero-order chi connectivity index (χ0) is 20.7. The molecule has 2 fully saturated rings. The summed E-state index contributed by atoms with van der Waals surface area (Å²) < 4.78 is 0. The maximum absolute atomic E-state index is 2.76. The third-order valence-corrected chi connectivity index (χ3v) is 9.68. The minimum absolute atomic E-state index is 0.679. The van der Waals surface area contributed by atoms with Crippen LogP contribution in [0.2, 0.25) is 0 Å². The molecule has 29 heavy (non-hydrogen) atoms. The van der Waals surface area contributed by atoms with Gasteiger partial charge in [-0.1, -0.05) is 20.8 Å². The van der Waals surface area contributed by atoms with E-state index in [1.807, 2.05) is 11.3 Å². The van der Waals surface area contributed by atoms with Crippen LogP contribution in [0, 0.1) is 23.7 Å². The summed E-state index contributed by atoms with van der Waals surface area (Å²) in [6.07, 6.45) is 7.07. The molecule has 0 bridgehead atoms. The second-order valence-corrected chi connectivity index (χ2v) is 12.1. The van der Waals surface area contributed by atoms with Gasteiger partial charge in [0.05, 0.1) is 0 Å². The van der Waals surface area contributed by atoms with Gasteiger partial charge in [0.25, 0.3) is 0 Å². The predicted octanol–water partition coefficient (Wildman–Crippen LogP) is 6.40. The van der Waals surface area contributed by atoms with E-state index < -0.39 is 0 Å². The first-order chi connectivity index (χ1) is 13.8. The Morgan fingerprint density at radius 3 is 2.28 bits per heavy atom. The summed E-state index contributed by atoms with van der Waals surface area (Å²) in [4.78, 5) is 7.13. The molecule has 3 heteroatoms.